The quantitative estimate of drug-likeness (QED) is 0.471. The molecule has 28 heavy (non-hydrogen) atoms. The molecule has 0 saturated carbocycles. The van der Waals surface area contributed by atoms with Crippen LogP contribution >= 0.6 is 27.5 Å². The number of hydrogen-bond acceptors (Lipinski definition) is 3. The van der Waals surface area contributed by atoms with Gasteiger partial charge in [0.25, 0.3) is 5.91 Å². The average molecular weight is 458 g/mol. The largest absolute Gasteiger partial charge is 0.341 e. The summed E-state index contributed by atoms with van der Waals surface area (Å²) >= 11 is 9.85. The Hall–Kier alpha value is -2.77. The first kappa shape index (κ1) is 17.3. The van der Waals surface area contributed by atoms with Gasteiger partial charge in [0.2, 0.25) is 0 Å². The number of nitrogens with one attached hydrogen (secondary N) is 1. The molecule has 8 heteroatoms. The fourth-order valence-corrected chi connectivity index (χ4v) is 4.42. The zero-order valence-corrected chi connectivity index (χ0v) is 16.5. The van der Waals surface area contributed by atoms with Crippen molar-refractivity contribution < 1.29 is 9.18 Å². The third-order valence-electron chi connectivity index (χ3n) is 4.81. The van der Waals surface area contributed by atoms with Gasteiger partial charge in [0.15, 0.2) is 5.65 Å². The van der Waals surface area contributed by atoms with E-state index < -0.39 is 11.9 Å². The number of fused-ring (bicyclic) bond motifs is 2. The van der Waals surface area contributed by atoms with Gasteiger partial charge in [-0.25, -0.2) is 13.9 Å². The highest BCUT2D eigenvalue weighted by Gasteiger charge is 2.33. The van der Waals surface area contributed by atoms with E-state index in [-0.39, 0.29) is 5.91 Å². The molecule has 0 bridgehead atoms. The van der Waals surface area contributed by atoms with Crippen LogP contribution in [0.4, 0.5) is 4.39 Å². The maximum atomic E-state index is 13.8. The molecule has 5 nitrogen and oxygen atoms in total. The van der Waals surface area contributed by atoms with Gasteiger partial charge in [-0.3, -0.25) is 4.79 Å². The first-order valence-electron chi connectivity index (χ1n) is 8.40. The minimum absolute atomic E-state index is 0.232. The molecule has 2 aromatic heterocycles. The fraction of sp³-hybridized carbons (Fsp3) is 0.0500. The van der Waals surface area contributed by atoms with Crippen LogP contribution in [0.1, 0.15) is 27.5 Å². The summed E-state index contributed by atoms with van der Waals surface area (Å²) in [5, 5.41) is 7.45. The van der Waals surface area contributed by atoms with Crippen molar-refractivity contribution in [2.24, 2.45) is 0 Å². The molecule has 0 aliphatic carbocycles. The number of hydrogen-bond donors (Lipinski definition) is 1. The maximum Gasteiger partial charge on any atom is 0.252 e. The van der Waals surface area contributed by atoms with E-state index in [1.807, 2.05) is 30.5 Å². The highest BCUT2D eigenvalue weighted by Crippen LogP contribution is 2.41. The SMILES string of the molecule is O=C1NC(c2cc(F)ccc2Cl)c2c(Br)cc(-c3ccc4ncnn4c3)cc21. The summed E-state index contributed by atoms with van der Waals surface area (Å²) in [6.45, 7) is 0. The smallest absolute Gasteiger partial charge is 0.252 e. The number of carbonyl (C=O) groups excluding carboxylic acids is 1. The normalized spacial score (nSPS) is 15.7. The van der Waals surface area contributed by atoms with Crippen molar-refractivity contribution in [1.82, 2.24) is 19.9 Å². The Morgan fingerprint density at radius 3 is 2.86 bits per heavy atom. The van der Waals surface area contributed by atoms with Gasteiger partial charge < -0.3 is 5.32 Å². The summed E-state index contributed by atoms with van der Waals surface area (Å²) in [5.41, 5.74) is 4.26. The van der Waals surface area contributed by atoms with Gasteiger partial charge in [0.1, 0.15) is 12.1 Å². The number of carbonyl (C=O) groups is 1. The Bertz CT molecular complexity index is 1270. The number of amides is 1. The van der Waals surface area contributed by atoms with Gasteiger partial charge in [0.05, 0.1) is 6.04 Å². The number of nitrogens with zero attached hydrogens (tertiary/aromatic N) is 3. The maximum absolute atomic E-state index is 13.8. The minimum atomic E-state index is -0.521. The number of rotatable bonds is 2. The molecule has 0 spiro atoms. The molecular weight excluding hydrogens is 447 g/mol. The van der Waals surface area contributed by atoms with Gasteiger partial charge in [-0.05, 0) is 48.0 Å². The van der Waals surface area contributed by atoms with Gasteiger partial charge in [-0.2, -0.15) is 5.10 Å². The average Bonchev–Trinajstić information content (AvgIpc) is 3.28. The first-order chi connectivity index (χ1) is 13.5. The number of pyridine rings is 1. The van der Waals surface area contributed by atoms with E-state index in [0.717, 1.165) is 26.8 Å². The molecule has 1 aliphatic heterocycles. The van der Waals surface area contributed by atoms with Crippen LogP contribution in [0.25, 0.3) is 16.8 Å². The van der Waals surface area contributed by atoms with Crippen molar-refractivity contribution in [3.05, 3.63) is 87.0 Å². The molecule has 4 aromatic rings. The third-order valence-corrected chi connectivity index (χ3v) is 5.82. The van der Waals surface area contributed by atoms with Gasteiger partial charge >= 0.3 is 0 Å². The van der Waals surface area contributed by atoms with Crippen molar-refractivity contribution in [2.45, 2.75) is 6.04 Å². The van der Waals surface area contributed by atoms with E-state index in [1.165, 1.54) is 24.5 Å². The second kappa shape index (κ2) is 6.39. The summed E-state index contributed by atoms with van der Waals surface area (Å²) in [6, 6.07) is 11.1. The van der Waals surface area contributed by atoms with E-state index in [9.17, 15) is 9.18 Å². The van der Waals surface area contributed by atoms with E-state index in [4.69, 9.17) is 11.6 Å². The second-order valence-electron chi connectivity index (χ2n) is 6.47. The van der Waals surface area contributed by atoms with Gasteiger partial charge in [-0.15, -0.1) is 0 Å². The lowest BCUT2D eigenvalue weighted by atomic mass is 9.95. The zero-order valence-electron chi connectivity index (χ0n) is 14.2. The van der Waals surface area contributed by atoms with Crippen LogP contribution in [0.5, 0.6) is 0 Å². The number of aromatic nitrogens is 3. The van der Waals surface area contributed by atoms with Gasteiger partial charge in [-0.1, -0.05) is 27.5 Å². The number of halogens is 3. The summed E-state index contributed by atoms with van der Waals surface area (Å²) in [7, 11) is 0. The molecule has 0 radical (unpaired) electrons. The Morgan fingerprint density at radius 2 is 2.00 bits per heavy atom. The molecular formula is C20H11BrClFN4O. The minimum Gasteiger partial charge on any atom is -0.341 e. The molecule has 3 heterocycles. The monoisotopic (exact) mass is 456 g/mol. The molecule has 1 amide bonds. The van der Waals surface area contributed by atoms with Crippen LogP contribution in [-0.4, -0.2) is 20.5 Å². The van der Waals surface area contributed by atoms with Crippen LogP contribution in [0.2, 0.25) is 5.02 Å². The third kappa shape index (κ3) is 2.70. The lowest BCUT2D eigenvalue weighted by Crippen LogP contribution is -2.20. The fourth-order valence-electron chi connectivity index (χ4n) is 3.50. The number of benzene rings is 2. The van der Waals surface area contributed by atoms with Crippen molar-refractivity contribution in [3.8, 4) is 11.1 Å². The van der Waals surface area contributed by atoms with Crippen molar-refractivity contribution in [3.63, 3.8) is 0 Å². The van der Waals surface area contributed by atoms with Crippen LogP contribution in [0.15, 0.2) is 59.5 Å². The van der Waals surface area contributed by atoms with E-state index >= 15 is 0 Å². The Labute approximate surface area is 172 Å². The highest BCUT2D eigenvalue weighted by atomic mass is 79.9. The molecule has 1 atom stereocenters. The van der Waals surface area contributed by atoms with Crippen LogP contribution < -0.4 is 5.32 Å². The van der Waals surface area contributed by atoms with E-state index in [1.54, 1.807) is 4.52 Å². The zero-order chi connectivity index (χ0) is 19.4. The van der Waals surface area contributed by atoms with E-state index in [2.05, 4.69) is 31.3 Å². The molecule has 1 aliphatic rings. The summed E-state index contributed by atoms with van der Waals surface area (Å²) < 4.78 is 16.2. The predicted molar refractivity (Wildman–Crippen MR) is 107 cm³/mol. The lowest BCUT2D eigenvalue weighted by molar-refractivity contribution is 0.0960. The molecule has 5 rings (SSSR count). The second-order valence-corrected chi connectivity index (χ2v) is 7.73. The van der Waals surface area contributed by atoms with Crippen molar-refractivity contribution in [2.75, 3.05) is 0 Å². The molecule has 1 N–H and O–H groups in total. The molecule has 0 saturated heterocycles. The van der Waals surface area contributed by atoms with Crippen LogP contribution in [0, 0.1) is 5.82 Å². The Balaban J connectivity index is 1.65. The van der Waals surface area contributed by atoms with E-state index in [0.29, 0.717) is 16.1 Å². The predicted octanol–water partition coefficient (Wildman–Crippen LogP) is 4.78. The first-order valence-corrected chi connectivity index (χ1v) is 9.57. The highest BCUT2D eigenvalue weighted by molar-refractivity contribution is 9.10. The summed E-state index contributed by atoms with van der Waals surface area (Å²) in [4.78, 5) is 16.8. The topological polar surface area (TPSA) is 59.3 Å². The molecule has 0 fully saturated rings. The van der Waals surface area contributed by atoms with Crippen molar-refractivity contribution in [1.29, 1.82) is 0 Å². The summed E-state index contributed by atoms with van der Waals surface area (Å²) in [5.74, 6) is -0.638. The van der Waals surface area contributed by atoms with Crippen LogP contribution in [0.3, 0.4) is 0 Å². The van der Waals surface area contributed by atoms with Crippen molar-refractivity contribution >= 4 is 39.1 Å². The Kier molecular flexibility index (Phi) is 3.96. The lowest BCUT2D eigenvalue weighted by Gasteiger charge is -2.16. The van der Waals surface area contributed by atoms with Gasteiger partial charge in [0, 0.05) is 37.9 Å². The standard InChI is InChI=1S/C20H11BrClFN4O/c21-15-6-11(10-1-4-17-24-9-25-27(17)8-10)5-14-18(15)19(26-20(14)28)13-7-12(23)2-3-16(13)22/h1-9,19H,(H,26,28). The molecule has 138 valence electrons. The molecule has 2 aromatic carbocycles. The Morgan fingerprint density at radius 1 is 1.14 bits per heavy atom. The summed E-state index contributed by atoms with van der Waals surface area (Å²) in [6.07, 6.45) is 3.34. The van der Waals surface area contributed by atoms with Crippen LogP contribution in [-0.2, 0) is 0 Å². The molecule has 1 unspecified atom stereocenters.